The Labute approximate surface area is 185 Å². The molecule has 2 saturated carbocycles. The second kappa shape index (κ2) is 7.80. The van der Waals surface area contributed by atoms with Crippen molar-refractivity contribution in [2.75, 3.05) is 6.61 Å². The Morgan fingerprint density at radius 1 is 1.28 bits per heavy atom. The number of allylic oxidation sites excluding steroid dienone is 2. The van der Waals surface area contributed by atoms with E-state index in [9.17, 15) is 30.0 Å². The number of rotatable bonds is 4. The van der Waals surface area contributed by atoms with Crippen LogP contribution in [0.3, 0.4) is 0 Å². The van der Waals surface area contributed by atoms with E-state index >= 15 is 0 Å². The Kier molecular flexibility index (Phi) is 5.32. The number of fused-ring (bicyclic) bond motifs is 2. The predicted molar refractivity (Wildman–Crippen MR) is 114 cm³/mol. The number of aromatic nitrogens is 1. The van der Waals surface area contributed by atoms with Gasteiger partial charge in [0.25, 0.3) is 5.56 Å². The lowest BCUT2D eigenvalue weighted by molar-refractivity contribution is -0.0231. The number of pyridine rings is 1. The van der Waals surface area contributed by atoms with E-state index in [1.165, 1.54) is 6.20 Å². The Balaban J connectivity index is 1.50. The van der Waals surface area contributed by atoms with Crippen molar-refractivity contribution >= 4 is 5.78 Å². The number of aliphatic hydroxyl groups excluding tert-OH is 2. The maximum Gasteiger partial charge on any atom is 0.262 e. The normalized spacial score (nSPS) is 42.8. The monoisotopic (exact) mass is 445 g/mol. The van der Waals surface area contributed by atoms with Crippen LogP contribution in [0, 0.1) is 29.6 Å². The zero-order valence-electron chi connectivity index (χ0n) is 18.1. The second-order valence-corrected chi connectivity index (χ2v) is 10.1. The van der Waals surface area contributed by atoms with Crippen LogP contribution < -0.4 is 5.56 Å². The number of nitrogens with one attached hydrogen (secondary N) is 1. The minimum atomic E-state index is -1.58. The van der Waals surface area contributed by atoms with Crippen LogP contribution in [0.4, 0.5) is 0 Å². The van der Waals surface area contributed by atoms with Crippen LogP contribution in [0.1, 0.15) is 54.9 Å². The molecule has 174 valence electrons. The van der Waals surface area contributed by atoms with Gasteiger partial charge in [-0.15, -0.1) is 0 Å². The Hall–Kier alpha value is -2.00. The number of epoxide rings is 1. The molecule has 0 aromatic carbocycles. The summed E-state index contributed by atoms with van der Waals surface area (Å²) in [6.07, 6.45) is 6.37. The van der Waals surface area contributed by atoms with E-state index in [4.69, 9.17) is 4.74 Å². The topological polar surface area (TPSA) is 143 Å². The van der Waals surface area contributed by atoms with Crippen LogP contribution in [-0.2, 0) is 10.3 Å². The lowest BCUT2D eigenvalue weighted by Gasteiger charge is -2.42. The first-order valence-corrected chi connectivity index (χ1v) is 11.6. The molecular weight excluding hydrogens is 414 g/mol. The minimum Gasteiger partial charge on any atom is -0.507 e. The summed E-state index contributed by atoms with van der Waals surface area (Å²) in [4.78, 5) is 29.0. The molecule has 2 heterocycles. The van der Waals surface area contributed by atoms with Gasteiger partial charge in [0, 0.05) is 24.3 Å². The Morgan fingerprint density at radius 2 is 2.06 bits per heavy atom. The van der Waals surface area contributed by atoms with Gasteiger partial charge in [-0.3, -0.25) is 9.59 Å². The molecule has 3 aliphatic carbocycles. The van der Waals surface area contributed by atoms with Crippen LogP contribution in [0.25, 0.3) is 0 Å². The summed E-state index contributed by atoms with van der Waals surface area (Å²) in [5.41, 5.74) is -2.49. The number of carbonyl (C=O) groups is 1. The van der Waals surface area contributed by atoms with Crippen molar-refractivity contribution in [2.45, 2.75) is 62.9 Å². The molecule has 32 heavy (non-hydrogen) atoms. The molecule has 3 fully saturated rings. The standard InChI is InChI=1S/C24H31NO7/c1-11-2-4-13-8-12(10-26)3-5-14(13)17(11)20(29)18-19(28)15(9-25-23(18)30)24(31)7-6-16(27)21-22(24)32-21/h2,4,9,11-14,16-17,21-22,26-27,31H,3,5-8,10H2,1H3,(H2,25,28,30)/t11-,12-,13-,14-,16-,17-,21-,22-,24+/m1/s1. The van der Waals surface area contributed by atoms with Crippen molar-refractivity contribution in [3.63, 3.8) is 0 Å². The molecule has 1 aromatic rings. The molecule has 5 N–H and O–H groups in total. The Bertz CT molecular complexity index is 1000. The van der Waals surface area contributed by atoms with Gasteiger partial charge in [-0.25, -0.2) is 0 Å². The molecule has 0 spiro atoms. The van der Waals surface area contributed by atoms with Gasteiger partial charge in [0.15, 0.2) is 5.78 Å². The van der Waals surface area contributed by atoms with Crippen LogP contribution in [-0.4, -0.2) is 56.1 Å². The van der Waals surface area contributed by atoms with Crippen LogP contribution >= 0.6 is 0 Å². The van der Waals surface area contributed by atoms with E-state index in [-0.39, 0.29) is 47.8 Å². The average Bonchev–Trinajstić information content (AvgIpc) is 3.59. The maximum absolute atomic E-state index is 13.7. The molecule has 8 nitrogen and oxygen atoms in total. The fraction of sp³-hybridized carbons (Fsp3) is 0.667. The third kappa shape index (κ3) is 3.27. The zero-order valence-corrected chi connectivity index (χ0v) is 18.1. The minimum absolute atomic E-state index is 0.0387. The Morgan fingerprint density at radius 3 is 2.81 bits per heavy atom. The molecular formula is C24H31NO7. The lowest BCUT2D eigenvalue weighted by atomic mass is 9.61. The average molecular weight is 446 g/mol. The third-order valence-electron chi connectivity index (χ3n) is 8.29. The van der Waals surface area contributed by atoms with E-state index in [0.717, 1.165) is 19.3 Å². The SMILES string of the molecule is C[C@@H]1C=C[C@@H]2C[C@H](CO)CC[C@H]2[C@@H]1C(=O)c1c(O)c([C@@]2(O)CC[C@@H](O)[C@H]3O[C@H]32)c[nH]c1=O. The van der Waals surface area contributed by atoms with E-state index in [1.54, 1.807) is 0 Å². The number of H-pyrrole nitrogens is 1. The van der Waals surface area contributed by atoms with Gasteiger partial charge in [0.2, 0.25) is 0 Å². The maximum atomic E-state index is 13.7. The summed E-state index contributed by atoms with van der Waals surface area (Å²) < 4.78 is 5.45. The molecule has 1 aromatic heterocycles. The van der Waals surface area contributed by atoms with E-state index in [1.807, 2.05) is 13.0 Å². The smallest absolute Gasteiger partial charge is 0.262 e. The summed E-state index contributed by atoms with van der Waals surface area (Å²) >= 11 is 0. The van der Waals surface area contributed by atoms with Gasteiger partial charge in [-0.05, 0) is 55.8 Å². The van der Waals surface area contributed by atoms with Gasteiger partial charge >= 0.3 is 0 Å². The van der Waals surface area contributed by atoms with Gasteiger partial charge in [-0.2, -0.15) is 0 Å². The first kappa shape index (κ1) is 21.8. The molecule has 0 radical (unpaired) electrons. The van der Waals surface area contributed by atoms with Crippen molar-refractivity contribution < 1.29 is 30.0 Å². The lowest BCUT2D eigenvalue weighted by Crippen LogP contribution is -2.43. The second-order valence-electron chi connectivity index (χ2n) is 10.1. The van der Waals surface area contributed by atoms with Crippen LogP contribution in [0.2, 0.25) is 0 Å². The zero-order chi connectivity index (χ0) is 22.8. The highest BCUT2D eigenvalue weighted by Crippen LogP contribution is 2.52. The number of aromatic amines is 1. The quantitative estimate of drug-likeness (QED) is 0.266. The van der Waals surface area contributed by atoms with Gasteiger partial charge in [0.05, 0.1) is 6.10 Å². The van der Waals surface area contributed by atoms with Crippen LogP contribution in [0.15, 0.2) is 23.1 Å². The largest absolute Gasteiger partial charge is 0.507 e. The van der Waals surface area contributed by atoms with Crippen molar-refractivity contribution in [3.8, 4) is 5.75 Å². The van der Waals surface area contributed by atoms with E-state index in [2.05, 4.69) is 11.1 Å². The molecule has 0 bridgehead atoms. The van der Waals surface area contributed by atoms with Crippen molar-refractivity contribution in [3.05, 3.63) is 39.8 Å². The first-order valence-electron chi connectivity index (χ1n) is 11.6. The van der Waals surface area contributed by atoms with E-state index < -0.39 is 46.9 Å². The summed E-state index contributed by atoms with van der Waals surface area (Å²) in [6, 6.07) is 0. The number of hydrogen-bond acceptors (Lipinski definition) is 7. The number of hydrogen-bond donors (Lipinski definition) is 5. The number of aliphatic hydroxyl groups is 3. The number of ether oxygens (including phenoxy) is 1. The van der Waals surface area contributed by atoms with Crippen LogP contribution in [0.5, 0.6) is 5.75 Å². The molecule has 9 atom stereocenters. The molecule has 1 aliphatic heterocycles. The van der Waals surface area contributed by atoms with Crippen molar-refractivity contribution in [1.82, 2.24) is 4.98 Å². The molecule has 0 unspecified atom stereocenters. The summed E-state index contributed by atoms with van der Waals surface area (Å²) in [5.74, 6) is -1.05. The van der Waals surface area contributed by atoms with Crippen molar-refractivity contribution in [1.29, 1.82) is 0 Å². The number of Topliss-reactive ketones (excluding diaryl/α,β-unsaturated/α-hetero) is 1. The molecule has 8 heteroatoms. The van der Waals surface area contributed by atoms with Gasteiger partial charge < -0.3 is 30.1 Å². The summed E-state index contributed by atoms with van der Waals surface area (Å²) in [5, 5.41) is 41.9. The van der Waals surface area contributed by atoms with Gasteiger partial charge in [0.1, 0.15) is 29.1 Å². The summed E-state index contributed by atoms with van der Waals surface area (Å²) in [6.45, 7) is 2.08. The highest BCUT2D eigenvalue weighted by atomic mass is 16.6. The van der Waals surface area contributed by atoms with Crippen molar-refractivity contribution in [2.24, 2.45) is 29.6 Å². The molecule has 0 amide bonds. The molecule has 1 saturated heterocycles. The highest BCUT2D eigenvalue weighted by Gasteiger charge is 2.62. The first-order chi connectivity index (χ1) is 15.3. The molecule has 4 aliphatic rings. The van der Waals surface area contributed by atoms with E-state index in [0.29, 0.717) is 6.42 Å². The highest BCUT2D eigenvalue weighted by molar-refractivity contribution is 6.00. The molecule has 5 rings (SSSR count). The third-order valence-corrected chi connectivity index (χ3v) is 8.29. The fourth-order valence-corrected chi connectivity index (χ4v) is 6.42. The number of aromatic hydroxyl groups is 1. The number of carbonyl (C=O) groups excluding carboxylic acids is 1. The van der Waals surface area contributed by atoms with Gasteiger partial charge in [-0.1, -0.05) is 19.1 Å². The fourth-order valence-electron chi connectivity index (χ4n) is 6.42. The summed E-state index contributed by atoms with van der Waals surface area (Å²) in [7, 11) is 0. The number of ketones is 1. The predicted octanol–water partition coefficient (Wildman–Crippen LogP) is 1.22.